The van der Waals surface area contributed by atoms with Gasteiger partial charge < -0.3 is 9.47 Å². The Morgan fingerprint density at radius 3 is 2.44 bits per heavy atom. The fraction of sp³-hybridized carbons (Fsp3) is 0.385. The second-order valence-electron chi connectivity index (χ2n) is 4.13. The summed E-state index contributed by atoms with van der Waals surface area (Å²) in [6.07, 6.45) is 0.179. The molecule has 1 aliphatic rings. The molecule has 2 rings (SSSR count). The van der Waals surface area contributed by atoms with E-state index in [2.05, 4.69) is 0 Å². The van der Waals surface area contributed by atoms with E-state index in [1.165, 1.54) is 21.3 Å². The summed E-state index contributed by atoms with van der Waals surface area (Å²) in [4.78, 5) is 24.7. The monoisotopic (exact) mass is 249 g/mol. The van der Waals surface area contributed by atoms with E-state index in [9.17, 15) is 9.59 Å². The number of benzene rings is 1. The summed E-state index contributed by atoms with van der Waals surface area (Å²) >= 11 is 0. The second kappa shape index (κ2) is 4.68. The van der Waals surface area contributed by atoms with E-state index in [0.717, 1.165) is 4.90 Å². The van der Waals surface area contributed by atoms with Gasteiger partial charge in [0.25, 0.3) is 0 Å². The van der Waals surface area contributed by atoms with Gasteiger partial charge in [-0.1, -0.05) is 12.1 Å². The van der Waals surface area contributed by atoms with E-state index in [4.69, 9.17) is 9.47 Å². The number of amides is 2. The summed E-state index contributed by atoms with van der Waals surface area (Å²) in [5.41, 5.74) is 0.694. The van der Waals surface area contributed by atoms with Crippen LogP contribution in [0.2, 0.25) is 0 Å². The van der Waals surface area contributed by atoms with Gasteiger partial charge in [-0.3, -0.25) is 14.5 Å². The van der Waals surface area contributed by atoms with Crippen LogP contribution in [0.15, 0.2) is 18.2 Å². The molecule has 1 unspecified atom stereocenters. The summed E-state index contributed by atoms with van der Waals surface area (Å²) < 4.78 is 10.5. The van der Waals surface area contributed by atoms with Crippen molar-refractivity contribution in [1.29, 1.82) is 0 Å². The Hall–Kier alpha value is -2.04. The maximum absolute atomic E-state index is 12.0. The summed E-state index contributed by atoms with van der Waals surface area (Å²) in [5, 5.41) is 0. The highest BCUT2D eigenvalue weighted by atomic mass is 16.5. The van der Waals surface area contributed by atoms with Crippen LogP contribution < -0.4 is 9.47 Å². The first-order chi connectivity index (χ1) is 8.60. The van der Waals surface area contributed by atoms with Gasteiger partial charge in [-0.2, -0.15) is 0 Å². The van der Waals surface area contributed by atoms with Crippen molar-refractivity contribution in [3.05, 3.63) is 23.8 Å². The number of ether oxygens (including phenoxy) is 2. The summed E-state index contributed by atoms with van der Waals surface area (Å²) in [5.74, 6) is 0.222. The Balaban J connectivity index is 2.46. The number of para-hydroxylation sites is 1. The normalized spacial score (nSPS) is 19.3. The standard InChI is InChI=1S/C13H15NO4/c1-14-11(15)7-9(13(14)16)8-5-4-6-10(17-2)12(8)18-3/h4-6,9H,7H2,1-3H3. The summed E-state index contributed by atoms with van der Waals surface area (Å²) in [6, 6.07) is 5.33. The molecule has 0 aromatic heterocycles. The molecule has 0 spiro atoms. The average molecular weight is 249 g/mol. The van der Waals surface area contributed by atoms with Crippen molar-refractivity contribution < 1.29 is 19.1 Å². The largest absolute Gasteiger partial charge is 0.493 e. The predicted octanol–water partition coefficient (Wildman–Crippen LogP) is 1.18. The van der Waals surface area contributed by atoms with E-state index in [-0.39, 0.29) is 18.2 Å². The maximum Gasteiger partial charge on any atom is 0.237 e. The molecule has 1 saturated heterocycles. The van der Waals surface area contributed by atoms with Gasteiger partial charge in [0, 0.05) is 19.0 Å². The first-order valence-electron chi connectivity index (χ1n) is 5.61. The highest BCUT2D eigenvalue weighted by molar-refractivity contribution is 6.06. The first kappa shape index (κ1) is 12.4. The van der Waals surface area contributed by atoms with Crippen LogP contribution in [0.5, 0.6) is 11.5 Å². The Morgan fingerprint density at radius 1 is 1.22 bits per heavy atom. The van der Waals surface area contributed by atoms with E-state index in [1.54, 1.807) is 18.2 Å². The average Bonchev–Trinajstić information content (AvgIpc) is 2.65. The molecular weight excluding hydrogens is 234 g/mol. The zero-order valence-electron chi connectivity index (χ0n) is 10.6. The molecule has 1 aliphatic heterocycles. The van der Waals surface area contributed by atoms with Crippen molar-refractivity contribution in [3.63, 3.8) is 0 Å². The SMILES string of the molecule is COc1cccc(C2CC(=O)N(C)C2=O)c1OC. The molecule has 5 heteroatoms. The topological polar surface area (TPSA) is 55.8 Å². The minimum atomic E-state index is -0.479. The van der Waals surface area contributed by atoms with Gasteiger partial charge in [-0.25, -0.2) is 0 Å². The van der Waals surface area contributed by atoms with Gasteiger partial charge >= 0.3 is 0 Å². The van der Waals surface area contributed by atoms with E-state index >= 15 is 0 Å². The Morgan fingerprint density at radius 2 is 1.94 bits per heavy atom. The number of carbonyl (C=O) groups is 2. The molecule has 0 radical (unpaired) electrons. The lowest BCUT2D eigenvalue weighted by molar-refractivity contribution is -0.137. The maximum atomic E-state index is 12.0. The quantitative estimate of drug-likeness (QED) is 0.755. The van der Waals surface area contributed by atoms with Crippen molar-refractivity contribution in [3.8, 4) is 11.5 Å². The molecule has 5 nitrogen and oxygen atoms in total. The number of likely N-dealkylation sites (tertiary alicyclic amines) is 1. The van der Waals surface area contributed by atoms with Crippen molar-refractivity contribution in [2.45, 2.75) is 12.3 Å². The van der Waals surface area contributed by atoms with Crippen LogP contribution in [0, 0.1) is 0 Å². The lowest BCUT2D eigenvalue weighted by Gasteiger charge is -2.15. The Kier molecular flexibility index (Phi) is 3.23. The number of hydrogen-bond donors (Lipinski definition) is 0. The summed E-state index contributed by atoms with van der Waals surface area (Å²) in [6.45, 7) is 0. The zero-order valence-corrected chi connectivity index (χ0v) is 10.6. The number of carbonyl (C=O) groups excluding carboxylic acids is 2. The van der Waals surface area contributed by atoms with Crippen molar-refractivity contribution >= 4 is 11.8 Å². The number of methoxy groups -OCH3 is 2. The van der Waals surface area contributed by atoms with Crippen LogP contribution in [0.3, 0.4) is 0 Å². The number of likely N-dealkylation sites (N-methyl/N-ethyl adjacent to an activating group) is 1. The number of imide groups is 1. The summed E-state index contributed by atoms with van der Waals surface area (Å²) in [7, 11) is 4.55. The molecule has 1 heterocycles. The highest BCUT2D eigenvalue weighted by Gasteiger charge is 2.38. The molecule has 1 aromatic rings. The molecule has 1 atom stereocenters. The van der Waals surface area contributed by atoms with E-state index in [1.807, 2.05) is 0 Å². The third-order valence-electron chi connectivity index (χ3n) is 3.19. The number of rotatable bonds is 3. The number of hydrogen-bond acceptors (Lipinski definition) is 4. The van der Waals surface area contributed by atoms with Crippen LogP contribution in [0.25, 0.3) is 0 Å². The minimum Gasteiger partial charge on any atom is -0.493 e. The molecule has 96 valence electrons. The lowest BCUT2D eigenvalue weighted by Crippen LogP contribution is -2.25. The minimum absolute atomic E-state index is 0.171. The van der Waals surface area contributed by atoms with Crippen LogP contribution in [-0.4, -0.2) is 38.0 Å². The van der Waals surface area contributed by atoms with Gasteiger partial charge in [0.15, 0.2) is 11.5 Å². The van der Waals surface area contributed by atoms with Crippen LogP contribution in [-0.2, 0) is 9.59 Å². The Bertz CT molecular complexity index is 498. The molecular formula is C13H15NO4. The smallest absolute Gasteiger partial charge is 0.237 e. The molecule has 2 amide bonds. The van der Waals surface area contributed by atoms with Crippen LogP contribution >= 0.6 is 0 Å². The first-order valence-corrected chi connectivity index (χ1v) is 5.61. The molecule has 0 bridgehead atoms. The van der Waals surface area contributed by atoms with Gasteiger partial charge in [-0.05, 0) is 6.07 Å². The molecule has 1 fully saturated rings. The van der Waals surface area contributed by atoms with Crippen molar-refractivity contribution in [1.82, 2.24) is 4.90 Å². The van der Waals surface area contributed by atoms with Gasteiger partial charge in [-0.15, -0.1) is 0 Å². The third kappa shape index (κ3) is 1.81. The fourth-order valence-corrected chi connectivity index (χ4v) is 2.18. The highest BCUT2D eigenvalue weighted by Crippen LogP contribution is 2.39. The Labute approximate surface area is 105 Å². The van der Waals surface area contributed by atoms with Crippen LogP contribution in [0.1, 0.15) is 17.9 Å². The fourth-order valence-electron chi connectivity index (χ4n) is 2.18. The predicted molar refractivity (Wildman–Crippen MR) is 64.7 cm³/mol. The van der Waals surface area contributed by atoms with Crippen molar-refractivity contribution in [2.75, 3.05) is 21.3 Å². The number of nitrogens with zero attached hydrogens (tertiary/aromatic N) is 1. The molecule has 0 saturated carbocycles. The van der Waals surface area contributed by atoms with Crippen LogP contribution in [0.4, 0.5) is 0 Å². The van der Waals surface area contributed by atoms with E-state index < -0.39 is 5.92 Å². The zero-order chi connectivity index (χ0) is 13.3. The van der Waals surface area contributed by atoms with Gasteiger partial charge in [0.2, 0.25) is 11.8 Å². The van der Waals surface area contributed by atoms with Gasteiger partial charge in [0.05, 0.1) is 20.1 Å². The molecule has 0 N–H and O–H groups in total. The van der Waals surface area contributed by atoms with Gasteiger partial charge in [0.1, 0.15) is 0 Å². The second-order valence-corrected chi connectivity index (χ2v) is 4.13. The molecule has 18 heavy (non-hydrogen) atoms. The third-order valence-corrected chi connectivity index (χ3v) is 3.19. The lowest BCUT2D eigenvalue weighted by atomic mass is 9.96. The molecule has 0 aliphatic carbocycles. The van der Waals surface area contributed by atoms with E-state index in [0.29, 0.717) is 17.1 Å². The van der Waals surface area contributed by atoms with Crippen molar-refractivity contribution in [2.24, 2.45) is 0 Å². The molecule has 1 aromatic carbocycles.